The maximum Gasteiger partial charge on any atom is 0.0233 e. The molecule has 0 bridgehead atoms. The first kappa shape index (κ1) is 10.3. The molecule has 62 valence electrons. The van der Waals surface area contributed by atoms with Crippen LogP contribution < -0.4 is 0 Å². The number of rotatable bonds is 2. The summed E-state index contributed by atoms with van der Waals surface area (Å²) >= 11 is 0. The zero-order valence-corrected chi connectivity index (χ0v) is 8.07. The Morgan fingerprint density at radius 1 is 1.27 bits per heavy atom. The van der Waals surface area contributed by atoms with E-state index in [1.807, 2.05) is 6.08 Å². The van der Waals surface area contributed by atoms with Crippen LogP contribution in [0.25, 0.3) is 0 Å². The Labute approximate surface area is 70.7 Å². The van der Waals surface area contributed by atoms with Gasteiger partial charge in [0.05, 0.1) is 0 Å². The highest BCUT2D eigenvalue weighted by Gasteiger charge is 2.01. The molecule has 0 nitrogen and oxygen atoms in total. The lowest BCUT2D eigenvalue weighted by Crippen LogP contribution is -1.98. The summed E-state index contributed by atoms with van der Waals surface area (Å²) in [5.41, 5.74) is 0.135. The van der Waals surface area contributed by atoms with Crippen LogP contribution in [-0.4, -0.2) is 0 Å². The fourth-order valence-electron chi connectivity index (χ4n) is 0.567. The van der Waals surface area contributed by atoms with Gasteiger partial charge in [0, 0.05) is 5.41 Å². The monoisotopic (exact) mass is 150 g/mol. The molecule has 0 radical (unpaired) electrons. The van der Waals surface area contributed by atoms with Crippen LogP contribution in [-0.2, 0) is 0 Å². The van der Waals surface area contributed by atoms with Crippen LogP contribution in [0.4, 0.5) is 0 Å². The fraction of sp³-hybridized carbons (Fsp3) is 0.636. The summed E-state index contributed by atoms with van der Waals surface area (Å²) in [6.07, 6.45) is 6.42. The molecular formula is C11H18. The van der Waals surface area contributed by atoms with Crippen molar-refractivity contribution in [3.05, 3.63) is 12.2 Å². The van der Waals surface area contributed by atoms with Crippen LogP contribution in [0.1, 0.15) is 40.5 Å². The molecule has 0 amide bonds. The average molecular weight is 150 g/mol. The Bertz CT molecular complexity index is 168. The highest BCUT2D eigenvalue weighted by atomic mass is 14.0. The van der Waals surface area contributed by atoms with Gasteiger partial charge < -0.3 is 0 Å². The topological polar surface area (TPSA) is 0 Å². The van der Waals surface area contributed by atoms with Gasteiger partial charge >= 0.3 is 0 Å². The van der Waals surface area contributed by atoms with Gasteiger partial charge in [-0.05, 0) is 33.3 Å². The number of unbranched alkanes of at least 4 members (excludes halogenated alkanes) is 1. The van der Waals surface area contributed by atoms with Crippen LogP contribution >= 0.6 is 0 Å². The highest BCUT2D eigenvalue weighted by Crippen LogP contribution is 2.09. The van der Waals surface area contributed by atoms with Gasteiger partial charge in [0.15, 0.2) is 0 Å². The molecule has 0 saturated carbocycles. The van der Waals surface area contributed by atoms with Gasteiger partial charge in [-0.15, -0.1) is 0 Å². The average Bonchev–Trinajstić information content (AvgIpc) is 1.85. The SMILES string of the molecule is CCC/C=C/C#CC(C)(C)C. The molecule has 0 aliphatic carbocycles. The third kappa shape index (κ3) is 9.30. The standard InChI is InChI=1S/C11H18/c1-5-6-7-8-9-10-11(2,3)4/h7-8H,5-6H2,1-4H3/b8-7+. The Morgan fingerprint density at radius 3 is 2.36 bits per heavy atom. The zero-order valence-electron chi connectivity index (χ0n) is 8.07. The Morgan fingerprint density at radius 2 is 1.91 bits per heavy atom. The molecule has 11 heavy (non-hydrogen) atoms. The van der Waals surface area contributed by atoms with Crippen molar-refractivity contribution in [2.45, 2.75) is 40.5 Å². The van der Waals surface area contributed by atoms with Gasteiger partial charge in [-0.25, -0.2) is 0 Å². The first-order valence-electron chi connectivity index (χ1n) is 4.24. The fourth-order valence-corrected chi connectivity index (χ4v) is 0.567. The Kier molecular flexibility index (Phi) is 4.70. The summed E-state index contributed by atoms with van der Waals surface area (Å²) in [7, 11) is 0. The number of hydrogen-bond acceptors (Lipinski definition) is 0. The van der Waals surface area contributed by atoms with Gasteiger partial charge in [-0.2, -0.15) is 0 Å². The molecule has 0 aromatic rings. The van der Waals surface area contributed by atoms with E-state index in [-0.39, 0.29) is 5.41 Å². The van der Waals surface area contributed by atoms with Crippen LogP contribution in [0.15, 0.2) is 12.2 Å². The summed E-state index contributed by atoms with van der Waals surface area (Å²) in [6, 6.07) is 0. The molecular weight excluding hydrogens is 132 g/mol. The van der Waals surface area contributed by atoms with Crippen molar-refractivity contribution < 1.29 is 0 Å². The second kappa shape index (κ2) is 5.02. The second-order valence-electron chi connectivity index (χ2n) is 3.71. The molecule has 0 aromatic carbocycles. The van der Waals surface area contributed by atoms with E-state index in [0.29, 0.717) is 0 Å². The van der Waals surface area contributed by atoms with Gasteiger partial charge in [0.1, 0.15) is 0 Å². The van der Waals surface area contributed by atoms with E-state index in [4.69, 9.17) is 0 Å². The molecule has 0 heterocycles. The van der Waals surface area contributed by atoms with Crippen LogP contribution in [0, 0.1) is 17.3 Å². The summed E-state index contributed by atoms with van der Waals surface area (Å²) in [6.45, 7) is 8.52. The van der Waals surface area contributed by atoms with Crippen LogP contribution in [0.3, 0.4) is 0 Å². The maximum absolute atomic E-state index is 3.14. The maximum atomic E-state index is 3.14. The lowest BCUT2D eigenvalue weighted by atomic mass is 9.98. The smallest absolute Gasteiger partial charge is 0.0233 e. The van der Waals surface area contributed by atoms with Crippen molar-refractivity contribution in [2.75, 3.05) is 0 Å². The molecule has 0 atom stereocenters. The second-order valence-corrected chi connectivity index (χ2v) is 3.71. The molecule has 0 saturated heterocycles. The summed E-state index contributed by atoms with van der Waals surface area (Å²) in [4.78, 5) is 0. The zero-order chi connectivity index (χ0) is 8.74. The van der Waals surface area contributed by atoms with Crippen molar-refractivity contribution in [1.29, 1.82) is 0 Å². The van der Waals surface area contributed by atoms with Crippen molar-refractivity contribution >= 4 is 0 Å². The Balaban J connectivity index is 3.72. The van der Waals surface area contributed by atoms with E-state index in [1.165, 1.54) is 6.42 Å². The predicted molar refractivity (Wildman–Crippen MR) is 51.3 cm³/mol. The third-order valence-electron chi connectivity index (χ3n) is 1.10. The quantitative estimate of drug-likeness (QED) is 0.529. The molecule has 0 fully saturated rings. The molecule has 0 heteroatoms. The largest absolute Gasteiger partial charge is 0.0926 e. The third-order valence-corrected chi connectivity index (χ3v) is 1.10. The summed E-state index contributed by atoms with van der Waals surface area (Å²) in [5, 5.41) is 0. The number of hydrogen-bond donors (Lipinski definition) is 0. The highest BCUT2D eigenvalue weighted by molar-refractivity contribution is 5.18. The lowest BCUT2D eigenvalue weighted by molar-refractivity contribution is 0.571. The van der Waals surface area contributed by atoms with Crippen LogP contribution in [0.5, 0.6) is 0 Å². The lowest BCUT2D eigenvalue weighted by Gasteiger charge is -2.05. The molecule has 0 aromatic heterocycles. The molecule has 0 N–H and O–H groups in total. The first-order chi connectivity index (χ1) is 5.06. The minimum absolute atomic E-state index is 0.135. The van der Waals surface area contributed by atoms with E-state index in [2.05, 4.69) is 45.6 Å². The van der Waals surface area contributed by atoms with Crippen molar-refractivity contribution in [1.82, 2.24) is 0 Å². The van der Waals surface area contributed by atoms with Crippen molar-refractivity contribution in [3.63, 3.8) is 0 Å². The van der Waals surface area contributed by atoms with E-state index in [0.717, 1.165) is 6.42 Å². The molecule has 0 rings (SSSR count). The normalized spacial score (nSPS) is 11.3. The molecule has 0 aliphatic heterocycles. The van der Waals surface area contributed by atoms with E-state index < -0.39 is 0 Å². The van der Waals surface area contributed by atoms with Gasteiger partial charge in [-0.1, -0.05) is 31.3 Å². The summed E-state index contributed by atoms with van der Waals surface area (Å²) < 4.78 is 0. The van der Waals surface area contributed by atoms with E-state index in [1.54, 1.807) is 0 Å². The van der Waals surface area contributed by atoms with Crippen molar-refractivity contribution in [2.24, 2.45) is 5.41 Å². The van der Waals surface area contributed by atoms with Gasteiger partial charge in [0.2, 0.25) is 0 Å². The predicted octanol–water partition coefficient (Wildman–Crippen LogP) is 3.39. The molecule has 0 aliphatic rings. The first-order valence-corrected chi connectivity index (χ1v) is 4.24. The van der Waals surface area contributed by atoms with Crippen molar-refractivity contribution in [3.8, 4) is 11.8 Å². The molecule has 0 unspecified atom stereocenters. The minimum atomic E-state index is 0.135. The van der Waals surface area contributed by atoms with Gasteiger partial charge in [0.25, 0.3) is 0 Å². The Hall–Kier alpha value is -0.700. The number of allylic oxidation sites excluding steroid dienone is 2. The summed E-state index contributed by atoms with van der Waals surface area (Å²) in [5.74, 6) is 6.17. The van der Waals surface area contributed by atoms with E-state index >= 15 is 0 Å². The molecule has 0 spiro atoms. The van der Waals surface area contributed by atoms with Crippen LogP contribution in [0.2, 0.25) is 0 Å². The van der Waals surface area contributed by atoms with Gasteiger partial charge in [-0.3, -0.25) is 0 Å². The minimum Gasteiger partial charge on any atom is -0.0926 e. The van der Waals surface area contributed by atoms with E-state index in [9.17, 15) is 0 Å².